The van der Waals surface area contributed by atoms with Gasteiger partial charge in [-0.2, -0.15) is 0 Å². The lowest BCUT2D eigenvalue weighted by Crippen LogP contribution is -2.46. The number of hydrogen-bond donors (Lipinski definition) is 0. The Bertz CT molecular complexity index is 969. The molecule has 2 unspecified atom stereocenters. The van der Waals surface area contributed by atoms with Gasteiger partial charge in [0.1, 0.15) is 5.75 Å². The first kappa shape index (κ1) is 13.3. The topological polar surface area (TPSA) is 52.6 Å². The van der Waals surface area contributed by atoms with E-state index in [0.717, 1.165) is 11.1 Å². The third-order valence-corrected chi connectivity index (χ3v) is 4.77. The monoisotopic (exact) mass is 316 g/mol. The van der Waals surface area contributed by atoms with Crippen LogP contribution in [0.25, 0.3) is 0 Å². The first-order valence-electron chi connectivity index (χ1n) is 7.73. The Morgan fingerprint density at radius 1 is 0.917 bits per heavy atom. The highest BCUT2D eigenvalue weighted by Gasteiger charge is 2.57. The molecule has 0 amide bonds. The van der Waals surface area contributed by atoms with Crippen LogP contribution in [-0.2, 0) is 15.1 Å². The lowest BCUT2D eigenvalue weighted by molar-refractivity contribution is -0.121. The van der Waals surface area contributed by atoms with Crippen molar-refractivity contribution in [3.8, 4) is 5.75 Å². The molecule has 2 aromatic carbocycles. The fourth-order valence-corrected chi connectivity index (χ4v) is 3.77. The van der Waals surface area contributed by atoms with Crippen LogP contribution >= 0.6 is 0 Å². The van der Waals surface area contributed by atoms with E-state index in [0.29, 0.717) is 16.9 Å². The summed E-state index contributed by atoms with van der Waals surface area (Å²) < 4.78 is 11.9. The van der Waals surface area contributed by atoms with Crippen LogP contribution in [0, 0.1) is 0 Å². The predicted octanol–water partition coefficient (Wildman–Crippen LogP) is 2.93. The van der Waals surface area contributed by atoms with E-state index in [9.17, 15) is 9.59 Å². The summed E-state index contributed by atoms with van der Waals surface area (Å²) in [6.45, 7) is 0. The summed E-state index contributed by atoms with van der Waals surface area (Å²) in [6, 6.07) is 14.7. The maximum Gasteiger partial charge on any atom is 0.340 e. The summed E-state index contributed by atoms with van der Waals surface area (Å²) in [6.07, 6.45) is 4.21. The molecule has 1 spiro atoms. The van der Waals surface area contributed by atoms with E-state index >= 15 is 0 Å². The normalized spacial score (nSPS) is 26.2. The first-order valence-corrected chi connectivity index (χ1v) is 7.73. The number of esters is 1. The van der Waals surface area contributed by atoms with Gasteiger partial charge in [0.05, 0.1) is 5.56 Å². The van der Waals surface area contributed by atoms with E-state index in [4.69, 9.17) is 9.47 Å². The van der Waals surface area contributed by atoms with Gasteiger partial charge >= 0.3 is 5.97 Å². The van der Waals surface area contributed by atoms with Crippen LogP contribution in [-0.4, -0.2) is 17.9 Å². The highest BCUT2D eigenvalue weighted by Crippen LogP contribution is 2.54. The molecule has 2 aromatic rings. The Hall–Kier alpha value is -3.14. The number of hydrogen-bond acceptors (Lipinski definition) is 4. The average Bonchev–Trinajstić information content (AvgIpc) is 2.91. The molecular formula is C20H12O4. The van der Waals surface area contributed by atoms with Crippen LogP contribution in [0.5, 0.6) is 5.75 Å². The summed E-state index contributed by atoms with van der Waals surface area (Å²) in [5.74, 6) is 0.0265. The van der Waals surface area contributed by atoms with Crippen molar-refractivity contribution in [2.45, 2.75) is 11.7 Å². The Morgan fingerprint density at radius 2 is 1.67 bits per heavy atom. The highest BCUT2D eigenvalue weighted by molar-refractivity contribution is 6.01. The van der Waals surface area contributed by atoms with E-state index in [2.05, 4.69) is 0 Å². The molecule has 0 radical (unpaired) electrons. The maximum atomic E-state index is 12.5. The summed E-state index contributed by atoms with van der Waals surface area (Å²) >= 11 is 0. The first-order chi connectivity index (χ1) is 11.7. The molecule has 4 nitrogen and oxygen atoms in total. The molecule has 0 N–H and O–H groups in total. The van der Waals surface area contributed by atoms with Crippen LogP contribution in [0.1, 0.15) is 21.5 Å². The van der Waals surface area contributed by atoms with Gasteiger partial charge in [0.15, 0.2) is 11.7 Å². The predicted molar refractivity (Wildman–Crippen MR) is 85.7 cm³/mol. The Balaban J connectivity index is 1.89. The van der Waals surface area contributed by atoms with E-state index in [-0.39, 0.29) is 11.8 Å². The third-order valence-electron chi connectivity index (χ3n) is 4.77. The van der Waals surface area contributed by atoms with Crippen molar-refractivity contribution in [1.29, 1.82) is 0 Å². The van der Waals surface area contributed by atoms with Gasteiger partial charge in [-0.3, -0.25) is 4.79 Å². The zero-order valence-electron chi connectivity index (χ0n) is 12.6. The molecule has 3 aliphatic rings. The molecule has 2 heterocycles. The Morgan fingerprint density at radius 3 is 2.54 bits per heavy atom. The minimum atomic E-state index is -1.10. The zero-order chi connectivity index (χ0) is 16.3. The van der Waals surface area contributed by atoms with Gasteiger partial charge < -0.3 is 9.47 Å². The van der Waals surface area contributed by atoms with E-state index in [1.54, 1.807) is 18.2 Å². The second-order valence-corrected chi connectivity index (χ2v) is 5.99. The number of ketones is 1. The van der Waals surface area contributed by atoms with Crippen LogP contribution in [0.15, 0.2) is 72.3 Å². The number of allylic oxidation sites excluding steroid dienone is 2. The summed E-state index contributed by atoms with van der Waals surface area (Å²) in [5.41, 5.74) is 1.56. The van der Waals surface area contributed by atoms with Crippen molar-refractivity contribution in [3.05, 3.63) is 89.0 Å². The number of fused-ring (bicyclic) bond motifs is 6. The van der Waals surface area contributed by atoms with Crippen molar-refractivity contribution in [2.24, 2.45) is 0 Å². The second kappa shape index (κ2) is 4.45. The highest BCUT2D eigenvalue weighted by atomic mass is 16.6. The minimum Gasteiger partial charge on any atom is -0.477 e. The lowest BCUT2D eigenvalue weighted by atomic mass is 9.73. The van der Waals surface area contributed by atoms with Crippen LogP contribution < -0.4 is 4.74 Å². The Kier molecular flexibility index (Phi) is 2.47. The summed E-state index contributed by atoms with van der Waals surface area (Å²) in [4.78, 5) is 24.9. The molecule has 5 rings (SSSR count). The molecule has 0 saturated heterocycles. The molecule has 2 aliphatic heterocycles. The fourth-order valence-electron chi connectivity index (χ4n) is 3.77. The lowest BCUT2D eigenvalue weighted by Gasteiger charge is -2.41. The van der Waals surface area contributed by atoms with Crippen molar-refractivity contribution >= 4 is 11.8 Å². The molecule has 0 bridgehead atoms. The molecule has 1 aliphatic carbocycles. The zero-order valence-corrected chi connectivity index (χ0v) is 12.6. The molecular weight excluding hydrogens is 304 g/mol. The van der Waals surface area contributed by atoms with Crippen molar-refractivity contribution in [3.63, 3.8) is 0 Å². The molecule has 116 valence electrons. The van der Waals surface area contributed by atoms with Gasteiger partial charge in [-0.1, -0.05) is 48.6 Å². The van der Waals surface area contributed by atoms with E-state index < -0.39 is 11.7 Å². The Labute approximate surface area is 138 Å². The summed E-state index contributed by atoms with van der Waals surface area (Å²) in [5, 5.41) is 0. The number of ether oxygens (including phenoxy) is 2. The van der Waals surface area contributed by atoms with E-state index in [1.807, 2.05) is 42.5 Å². The summed E-state index contributed by atoms with van der Waals surface area (Å²) in [7, 11) is 0. The second-order valence-electron chi connectivity index (χ2n) is 5.99. The number of carbonyl (C=O) groups is 2. The largest absolute Gasteiger partial charge is 0.477 e. The average molecular weight is 316 g/mol. The molecule has 0 saturated carbocycles. The number of para-hydroxylation sites is 1. The van der Waals surface area contributed by atoms with Crippen molar-refractivity contribution < 1.29 is 19.1 Å². The molecule has 0 aromatic heterocycles. The smallest absolute Gasteiger partial charge is 0.340 e. The van der Waals surface area contributed by atoms with Crippen LogP contribution in [0.4, 0.5) is 0 Å². The van der Waals surface area contributed by atoms with Crippen LogP contribution in [0.2, 0.25) is 0 Å². The third kappa shape index (κ3) is 1.48. The standard InChI is InChI=1S/C20H12O4/c21-16-10-5-9-15-18(16)23-17-11-4-3-8-14(17)20(15)13-7-2-1-6-12(13)19(22)24-20/h1-11,18H. The molecule has 0 fully saturated rings. The van der Waals surface area contributed by atoms with Crippen molar-refractivity contribution in [2.75, 3.05) is 0 Å². The van der Waals surface area contributed by atoms with Gasteiger partial charge in [-0.05, 0) is 18.2 Å². The van der Waals surface area contributed by atoms with E-state index in [1.165, 1.54) is 6.08 Å². The number of rotatable bonds is 0. The number of benzene rings is 2. The van der Waals surface area contributed by atoms with Gasteiger partial charge in [-0.25, -0.2) is 4.79 Å². The minimum absolute atomic E-state index is 0.151. The molecule has 24 heavy (non-hydrogen) atoms. The fraction of sp³-hybridized carbons (Fsp3) is 0.100. The SMILES string of the molecule is O=C1OC2(C3=CC=CC(=O)C3Oc3ccccc32)c2ccccc21. The van der Waals surface area contributed by atoms with Crippen molar-refractivity contribution in [1.82, 2.24) is 0 Å². The van der Waals surface area contributed by atoms with Gasteiger partial charge in [-0.15, -0.1) is 0 Å². The maximum absolute atomic E-state index is 12.5. The van der Waals surface area contributed by atoms with Crippen LogP contribution in [0.3, 0.4) is 0 Å². The quantitative estimate of drug-likeness (QED) is 0.701. The number of carbonyl (C=O) groups excluding carboxylic acids is 2. The van der Waals surface area contributed by atoms with Gasteiger partial charge in [0, 0.05) is 16.7 Å². The van der Waals surface area contributed by atoms with Gasteiger partial charge in [0.2, 0.25) is 5.78 Å². The molecule has 4 heteroatoms. The van der Waals surface area contributed by atoms with Gasteiger partial charge in [0.25, 0.3) is 0 Å². The molecule has 2 atom stereocenters.